The molecule has 2 aromatic rings. The minimum absolute atomic E-state index is 0.111. The average molecular weight is 360 g/mol. The molecule has 7 heteroatoms. The lowest BCUT2D eigenvalue weighted by Crippen LogP contribution is -2.38. The summed E-state index contributed by atoms with van der Waals surface area (Å²) < 4.78 is 0. The number of carbonyl (C=O) groups is 3. The molecule has 0 bridgehead atoms. The second kappa shape index (κ2) is 7.72. The molecule has 0 radical (unpaired) electrons. The molecule has 1 heterocycles. The normalized spacial score (nSPS) is 14.4. The first-order valence-corrected chi connectivity index (χ1v) is 9.46. The maximum absolute atomic E-state index is 11.9. The molecule has 24 heavy (non-hydrogen) atoms. The fraction of sp³-hybridized carbons (Fsp3) is 0.235. The largest absolute Gasteiger partial charge is 0.354 e. The number of hydrogen-bond donors (Lipinski definition) is 1. The van der Waals surface area contributed by atoms with Crippen molar-refractivity contribution in [2.75, 3.05) is 24.6 Å². The van der Waals surface area contributed by atoms with Crippen LogP contribution < -0.4 is 5.32 Å². The summed E-state index contributed by atoms with van der Waals surface area (Å²) in [6.45, 7) is 0.520. The first-order chi connectivity index (χ1) is 11.6. The summed E-state index contributed by atoms with van der Waals surface area (Å²) in [4.78, 5) is 37.0. The van der Waals surface area contributed by atoms with Gasteiger partial charge in [-0.25, -0.2) is 0 Å². The minimum atomic E-state index is -0.236. The molecule has 0 atom stereocenters. The Balaban J connectivity index is 1.45. The van der Waals surface area contributed by atoms with Gasteiger partial charge in [0.1, 0.15) is 0 Å². The number of amides is 3. The first kappa shape index (κ1) is 16.9. The third-order valence-electron chi connectivity index (χ3n) is 3.59. The summed E-state index contributed by atoms with van der Waals surface area (Å²) in [6.07, 6.45) is 0. The number of hydrogen-bond acceptors (Lipinski definition) is 5. The van der Waals surface area contributed by atoms with Crippen LogP contribution in [0.25, 0.3) is 10.8 Å². The van der Waals surface area contributed by atoms with Crippen molar-refractivity contribution in [2.45, 2.75) is 4.90 Å². The zero-order valence-electron chi connectivity index (χ0n) is 12.9. The van der Waals surface area contributed by atoms with Gasteiger partial charge in [0.05, 0.1) is 11.5 Å². The molecule has 3 rings (SSSR count). The lowest BCUT2D eigenvalue weighted by Gasteiger charge is -2.13. The Kier molecular flexibility index (Phi) is 5.42. The van der Waals surface area contributed by atoms with E-state index in [0.717, 1.165) is 22.0 Å². The van der Waals surface area contributed by atoms with Crippen molar-refractivity contribution in [3.8, 4) is 0 Å². The maximum Gasteiger partial charge on any atom is 0.288 e. The molecule has 0 spiro atoms. The van der Waals surface area contributed by atoms with E-state index in [2.05, 4.69) is 17.4 Å². The van der Waals surface area contributed by atoms with Crippen LogP contribution in [0.3, 0.4) is 0 Å². The van der Waals surface area contributed by atoms with Gasteiger partial charge >= 0.3 is 0 Å². The Bertz CT molecular complexity index is 778. The van der Waals surface area contributed by atoms with E-state index in [1.54, 1.807) is 0 Å². The molecule has 1 aliphatic rings. The van der Waals surface area contributed by atoms with Crippen molar-refractivity contribution in [3.63, 3.8) is 0 Å². The number of imide groups is 1. The van der Waals surface area contributed by atoms with Crippen LogP contribution in [-0.4, -0.2) is 46.5 Å². The van der Waals surface area contributed by atoms with Gasteiger partial charge in [0.2, 0.25) is 11.8 Å². The minimum Gasteiger partial charge on any atom is -0.354 e. The van der Waals surface area contributed by atoms with Crippen molar-refractivity contribution >= 4 is 51.3 Å². The molecule has 124 valence electrons. The van der Waals surface area contributed by atoms with Crippen LogP contribution in [0.5, 0.6) is 0 Å². The van der Waals surface area contributed by atoms with Crippen LogP contribution in [0.4, 0.5) is 4.79 Å². The van der Waals surface area contributed by atoms with Crippen molar-refractivity contribution in [3.05, 3.63) is 42.5 Å². The average Bonchev–Trinajstić information content (AvgIpc) is 2.91. The van der Waals surface area contributed by atoms with E-state index in [9.17, 15) is 14.4 Å². The van der Waals surface area contributed by atoms with Gasteiger partial charge in [0, 0.05) is 18.0 Å². The third kappa shape index (κ3) is 4.10. The highest BCUT2D eigenvalue weighted by Gasteiger charge is 2.29. The standard InChI is InChI=1S/C17H16N2O3S2/c20-15(18-7-8-19-16(21)11-24-17(19)22)10-23-14-6-5-12-3-1-2-4-13(12)9-14/h1-6,9H,7-8,10-11H2,(H,18,20). The Morgan fingerprint density at radius 2 is 1.96 bits per heavy atom. The van der Waals surface area contributed by atoms with E-state index in [0.29, 0.717) is 5.75 Å². The fourth-order valence-electron chi connectivity index (χ4n) is 2.36. The summed E-state index contributed by atoms with van der Waals surface area (Å²) in [5.41, 5.74) is 0. The molecule has 2 aromatic carbocycles. The monoisotopic (exact) mass is 360 g/mol. The molecule has 0 unspecified atom stereocenters. The number of thioether (sulfide) groups is 2. The van der Waals surface area contributed by atoms with Gasteiger partial charge in [-0.1, -0.05) is 42.1 Å². The van der Waals surface area contributed by atoms with Crippen molar-refractivity contribution in [2.24, 2.45) is 0 Å². The number of fused-ring (bicyclic) bond motifs is 1. The van der Waals surface area contributed by atoms with Gasteiger partial charge in [-0.3, -0.25) is 19.3 Å². The highest BCUT2D eigenvalue weighted by molar-refractivity contribution is 8.14. The summed E-state index contributed by atoms with van der Waals surface area (Å²) in [5, 5.41) is 4.82. The SMILES string of the molecule is O=C(CSc1ccc2ccccc2c1)NCCN1C(=O)CSC1=O. The molecule has 0 saturated carbocycles. The van der Waals surface area contributed by atoms with E-state index >= 15 is 0 Å². The Hall–Kier alpha value is -1.99. The number of carbonyl (C=O) groups excluding carboxylic acids is 3. The second-order valence-corrected chi connectivity index (χ2v) is 7.22. The van der Waals surface area contributed by atoms with Gasteiger partial charge in [-0.15, -0.1) is 11.8 Å². The van der Waals surface area contributed by atoms with Crippen LogP contribution in [0.1, 0.15) is 0 Å². The molecule has 1 saturated heterocycles. The van der Waals surface area contributed by atoms with Crippen molar-refractivity contribution in [1.82, 2.24) is 10.2 Å². The lowest BCUT2D eigenvalue weighted by molar-refractivity contribution is -0.125. The van der Waals surface area contributed by atoms with Crippen LogP contribution in [0.15, 0.2) is 47.4 Å². The lowest BCUT2D eigenvalue weighted by atomic mass is 10.1. The summed E-state index contributed by atoms with van der Waals surface area (Å²) in [7, 11) is 0. The molecular weight excluding hydrogens is 344 g/mol. The predicted molar refractivity (Wildman–Crippen MR) is 97.2 cm³/mol. The molecule has 5 nitrogen and oxygen atoms in total. The van der Waals surface area contributed by atoms with E-state index in [1.165, 1.54) is 22.0 Å². The van der Waals surface area contributed by atoms with Gasteiger partial charge in [0.15, 0.2) is 0 Å². The van der Waals surface area contributed by atoms with Gasteiger partial charge in [0.25, 0.3) is 5.24 Å². The molecule has 0 aromatic heterocycles. The van der Waals surface area contributed by atoms with E-state index in [1.807, 2.05) is 30.3 Å². The zero-order chi connectivity index (χ0) is 16.9. The van der Waals surface area contributed by atoms with Crippen molar-refractivity contribution in [1.29, 1.82) is 0 Å². The second-order valence-electron chi connectivity index (χ2n) is 5.25. The summed E-state index contributed by atoms with van der Waals surface area (Å²) in [6, 6.07) is 14.2. The summed E-state index contributed by atoms with van der Waals surface area (Å²) in [5.74, 6) is 0.198. The molecular formula is C17H16N2O3S2. The van der Waals surface area contributed by atoms with E-state index < -0.39 is 0 Å². The number of benzene rings is 2. The molecule has 1 N–H and O–H groups in total. The highest BCUT2D eigenvalue weighted by Crippen LogP contribution is 2.23. The van der Waals surface area contributed by atoms with Crippen LogP contribution in [0, 0.1) is 0 Å². The zero-order valence-corrected chi connectivity index (χ0v) is 14.5. The molecule has 0 aliphatic carbocycles. The highest BCUT2D eigenvalue weighted by atomic mass is 32.2. The maximum atomic E-state index is 11.9. The quantitative estimate of drug-likeness (QED) is 0.803. The third-order valence-corrected chi connectivity index (χ3v) is 5.44. The van der Waals surface area contributed by atoms with Gasteiger partial charge in [-0.05, 0) is 22.9 Å². The molecule has 1 fully saturated rings. The molecule has 1 aliphatic heterocycles. The van der Waals surface area contributed by atoms with Gasteiger partial charge in [-0.2, -0.15) is 0 Å². The van der Waals surface area contributed by atoms with Crippen LogP contribution in [0.2, 0.25) is 0 Å². The van der Waals surface area contributed by atoms with Crippen LogP contribution in [-0.2, 0) is 9.59 Å². The predicted octanol–water partition coefficient (Wildman–Crippen LogP) is 2.74. The smallest absolute Gasteiger partial charge is 0.288 e. The fourth-order valence-corrected chi connectivity index (χ4v) is 3.89. The van der Waals surface area contributed by atoms with Gasteiger partial charge < -0.3 is 5.32 Å². The number of rotatable bonds is 6. The Labute approximate surface area is 148 Å². The number of nitrogens with zero attached hydrogens (tertiary/aromatic N) is 1. The topological polar surface area (TPSA) is 66.5 Å². The van der Waals surface area contributed by atoms with Crippen molar-refractivity contribution < 1.29 is 14.4 Å². The first-order valence-electron chi connectivity index (χ1n) is 7.49. The Morgan fingerprint density at radius 1 is 1.17 bits per heavy atom. The van der Waals surface area contributed by atoms with E-state index in [-0.39, 0.29) is 35.9 Å². The Morgan fingerprint density at radius 3 is 2.71 bits per heavy atom. The van der Waals surface area contributed by atoms with E-state index in [4.69, 9.17) is 0 Å². The molecule has 3 amide bonds. The summed E-state index contributed by atoms with van der Waals surface area (Å²) >= 11 is 2.46. The number of nitrogens with one attached hydrogen (secondary N) is 1. The van der Waals surface area contributed by atoms with Crippen LogP contribution >= 0.6 is 23.5 Å².